The number of ketones is 1. The average Bonchev–Trinajstić information content (AvgIpc) is 2.84. The summed E-state index contributed by atoms with van der Waals surface area (Å²) >= 11 is 5.91. The molecule has 1 heterocycles. The van der Waals surface area contributed by atoms with Crippen LogP contribution in [-0.4, -0.2) is 30.3 Å². The SMILES string of the molecule is CCCC1CCN(CCC(=O)c2cccc(Cl)c2)C1. The van der Waals surface area contributed by atoms with Gasteiger partial charge in [0.25, 0.3) is 0 Å². The number of nitrogens with zero attached hydrogens (tertiary/aromatic N) is 1. The summed E-state index contributed by atoms with van der Waals surface area (Å²) in [6.07, 6.45) is 4.47. The molecular formula is C16H22ClNO. The molecule has 2 nitrogen and oxygen atoms in total. The van der Waals surface area contributed by atoms with Crippen molar-refractivity contribution in [2.24, 2.45) is 5.92 Å². The Morgan fingerprint density at radius 2 is 2.32 bits per heavy atom. The monoisotopic (exact) mass is 279 g/mol. The number of hydrogen-bond donors (Lipinski definition) is 0. The molecule has 0 aliphatic carbocycles. The summed E-state index contributed by atoms with van der Waals surface area (Å²) in [5.74, 6) is 1.03. The Morgan fingerprint density at radius 3 is 3.05 bits per heavy atom. The second-order valence-electron chi connectivity index (χ2n) is 5.43. The van der Waals surface area contributed by atoms with E-state index in [2.05, 4.69) is 11.8 Å². The van der Waals surface area contributed by atoms with Crippen LogP contribution in [-0.2, 0) is 0 Å². The number of Topliss-reactive ketones (excluding diaryl/α,β-unsaturated/α-hetero) is 1. The van der Waals surface area contributed by atoms with Gasteiger partial charge < -0.3 is 4.90 Å². The zero-order valence-corrected chi connectivity index (χ0v) is 12.3. The minimum absolute atomic E-state index is 0.196. The number of likely N-dealkylation sites (tertiary alicyclic amines) is 1. The highest BCUT2D eigenvalue weighted by molar-refractivity contribution is 6.31. The maximum Gasteiger partial charge on any atom is 0.164 e. The highest BCUT2D eigenvalue weighted by atomic mass is 35.5. The predicted molar refractivity (Wildman–Crippen MR) is 79.9 cm³/mol. The van der Waals surface area contributed by atoms with E-state index in [0.717, 1.165) is 31.1 Å². The fourth-order valence-corrected chi connectivity index (χ4v) is 3.02. The summed E-state index contributed by atoms with van der Waals surface area (Å²) in [6.45, 7) is 5.43. The zero-order valence-electron chi connectivity index (χ0n) is 11.6. The molecule has 104 valence electrons. The summed E-state index contributed by atoms with van der Waals surface area (Å²) in [7, 11) is 0. The van der Waals surface area contributed by atoms with Crippen LogP contribution >= 0.6 is 11.6 Å². The third-order valence-electron chi connectivity index (χ3n) is 3.87. The Morgan fingerprint density at radius 1 is 1.47 bits per heavy atom. The van der Waals surface area contributed by atoms with Gasteiger partial charge in [-0.15, -0.1) is 0 Å². The lowest BCUT2D eigenvalue weighted by atomic mass is 10.0. The van der Waals surface area contributed by atoms with Gasteiger partial charge in [0.2, 0.25) is 0 Å². The van der Waals surface area contributed by atoms with E-state index in [1.165, 1.54) is 19.3 Å². The number of benzene rings is 1. The molecule has 1 aliphatic rings. The molecule has 3 heteroatoms. The largest absolute Gasteiger partial charge is 0.303 e. The van der Waals surface area contributed by atoms with E-state index in [4.69, 9.17) is 11.6 Å². The van der Waals surface area contributed by atoms with Crippen molar-refractivity contribution in [1.82, 2.24) is 4.90 Å². The molecule has 0 bridgehead atoms. The first-order valence-electron chi connectivity index (χ1n) is 7.20. The molecular weight excluding hydrogens is 258 g/mol. The molecule has 2 rings (SSSR count). The first-order valence-corrected chi connectivity index (χ1v) is 7.58. The van der Waals surface area contributed by atoms with Crippen LogP contribution in [0.4, 0.5) is 0 Å². The highest BCUT2D eigenvalue weighted by Crippen LogP contribution is 2.21. The van der Waals surface area contributed by atoms with Gasteiger partial charge in [0.1, 0.15) is 0 Å². The van der Waals surface area contributed by atoms with E-state index < -0.39 is 0 Å². The lowest BCUT2D eigenvalue weighted by Gasteiger charge is -2.15. The smallest absolute Gasteiger partial charge is 0.164 e. The summed E-state index contributed by atoms with van der Waals surface area (Å²) in [5, 5.41) is 0.634. The number of halogens is 1. The second-order valence-corrected chi connectivity index (χ2v) is 5.86. The Hall–Kier alpha value is -0.860. The third-order valence-corrected chi connectivity index (χ3v) is 4.10. The maximum atomic E-state index is 12.1. The molecule has 0 radical (unpaired) electrons. The first kappa shape index (κ1) is 14.5. The minimum Gasteiger partial charge on any atom is -0.303 e. The van der Waals surface area contributed by atoms with E-state index >= 15 is 0 Å². The lowest BCUT2D eigenvalue weighted by Crippen LogP contribution is -2.24. The third kappa shape index (κ3) is 4.32. The van der Waals surface area contributed by atoms with E-state index in [1.807, 2.05) is 12.1 Å². The van der Waals surface area contributed by atoms with Gasteiger partial charge in [-0.1, -0.05) is 37.1 Å². The van der Waals surface area contributed by atoms with Crippen LogP contribution in [0.15, 0.2) is 24.3 Å². The molecule has 19 heavy (non-hydrogen) atoms. The van der Waals surface area contributed by atoms with Crippen molar-refractivity contribution in [2.45, 2.75) is 32.6 Å². The van der Waals surface area contributed by atoms with E-state index in [-0.39, 0.29) is 5.78 Å². The molecule has 0 aromatic heterocycles. The van der Waals surface area contributed by atoms with Crippen LogP contribution < -0.4 is 0 Å². The summed E-state index contributed by atoms with van der Waals surface area (Å²) < 4.78 is 0. The Balaban J connectivity index is 1.78. The van der Waals surface area contributed by atoms with E-state index in [0.29, 0.717) is 11.4 Å². The first-order chi connectivity index (χ1) is 9.19. The molecule has 1 aliphatic heterocycles. The molecule has 1 aromatic rings. The van der Waals surface area contributed by atoms with Gasteiger partial charge >= 0.3 is 0 Å². The van der Waals surface area contributed by atoms with Crippen molar-refractivity contribution in [3.05, 3.63) is 34.9 Å². The van der Waals surface area contributed by atoms with Gasteiger partial charge in [0.15, 0.2) is 5.78 Å². The van der Waals surface area contributed by atoms with Crippen LogP contribution in [0.2, 0.25) is 5.02 Å². The van der Waals surface area contributed by atoms with Gasteiger partial charge in [-0.2, -0.15) is 0 Å². The Labute approximate surface area is 120 Å². The molecule has 1 atom stereocenters. The lowest BCUT2D eigenvalue weighted by molar-refractivity contribution is 0.0968. The predicted octanol–water partition coefficient (Wildman–Crippen LogP) is 4.03. The summed E-state index contributed by atoms with van der Waals surface area (Å²) in [4.78, 5) is 14.5. The standard InChI is InChI=1S/C16H22ClNO/c1-2-4-13-7-9-18(12-13)10-8-16(19)14-5-3-6-15(17)11-14/h3,5-6,11,13H,2,4,7-10,12H2,1H3. The topological polar surface area (TPSA) is 20.3 Å². The van der Waals surface area contributed by atoms with Crippen LogP contribution in [0.5, 0.6) is 0 Å². The van der Waals surface area contributed by atoms with Crippen molar-refractivity contribution in [3.8, 4) is 0 Å². The van der Waals surface area contributed by atoms with Gasteiger partial charge in [-0.05, 0) is 37.4 Å². The van der Waals surface area contributed by atoms with Gasteiger partial charge in [0.05, 0.1) is 0 Å². The molecule has 0 saturated carbocycles. The quantitative estimate of drug-likeness (QED) is 0.733. The van der Waals surface area contributed by atoms with E-state index in [1.54, 1.807) is 12.1 Å². The zero-order chi connectivity index (χ0) is 13.7. The highest BCUT2D eigenvalue weighted by Gasteiger charge is 2.21. The molecule has 0 spiro atoms. The maximum absolute atomic E-state index is 12.1. The van der Waals surface area contributed by atoms with Crippen LogP contribution in [0, 0.1) is 5.92 Å². The van der Waals surface area contributed by atoms with Crippen molar-refractivity contribution in [2.75, 3.05) is 19.6 Å². The van der Waals surface area contributed by atoms with Crippen molar-refractivity contribution in [1.29, 1.82) is 0 Å². The average molecular weight is 280 g/mol. The van der Waals surface area contributed by atoms with Gasteiger partial charge in [-0.3, -0.25) is 4.79 Å². The summed E-state index contributed by atoms with van der Waals surface area (Å²) in [5.41, 5.74) is 0.733. The normalized spacial score (nSPS) is 19.8. The molecule has 0 amide bonds. The number of carbonyl (C=O) groups excluding carboxylic acids is 1. The van der Waals surface area contributed by atoms with Crippen LogP contribution in [0.3, 0.4) is 0 Å². The molecule has 0 N–H and O–H groups in total. The Bertz CT molecular complexity index is 433. The number of rotatable bonds is 6. The van der Waals surface area contributed by atoms with Gasteiger partial charge in [-0.25, -0.2) is 0 Å². The van der Waals surface area contributed by atoms with Crippen LogP contribution in [0.1, 0.15) is 43.0 Å². The van der Waals surface area contributed by atoms with Crippen molar-refractivity contribution >= 4 is 17.4 Å². The van der Waals surface area contributed by atoms with Gasteiger partial charge in [0, 0.05) is 30.1 Å². The molecule has 1 fully saturated rings. The van der Waals surface area contributed by atoms with E-state index in [9.17, 15) is 4.79 Å². The second kappa shape index (κ2) is 7.06. The number of carbonyl (C=O) groups is 1. The molecule has 1 unspecified atom stereocenters. The number of hydrogen-bond acceptors (Lipinski definition) is 2. The van der Waals surface area contributed by atoms with Crippen molar-refractivity contribution in [3.63, 3.8) is 0 Å². The fraction of sp³-hybridized carbons (Fsp3) is 0.562. The fourth-order valence-electron chi connectivity index (χ4n) is 2.83. The Kier molecular flexibility index (Phi) is 5.41. The minimum atomic E-state index is 0.196. The summed E-state index contributed by atoms with van der Waals surface area (Å²) in [6, 6.07) is 7.24. The van der Waals surface area contributed by atoms with Crippen LogP contribution in [0.25, 0.3) is 0 Å². The molecule has 1 aromatic carbocycles. The molecule has 1 saturated heterocycles. The van der Waals surface area contributed by atoms with Crippen molar-refractivity contribution < 1.29 is 4.79 Å².